The van der Waals surface area contributed by atoms with Crippen LogP contribution in [0.3, 0.4) is 0 Å². The van der Waals surface area contributed by atoms with Gasteiger partial charge in [-0.05, 0) is 20.8 Å². The van der Waals surface area contributed by atoms with Crippen molar-refractivity contribution in [2.75, 3.05) is 6.54 Å². The molecule has 0 radical (unpaired) electrons. The van der Waals surface area contributed by atoms with Crippen molar-refractivity contribution in [3.8, 4) is 11.8 Å². The number of benzene rings is 1. The second kappa shape index (κ2) is 11.4. The van der Waals surface area contributed by atoms with E-state index in [4.69, 9.17) is 5.73 Å². The Balaban J connectivity index is 0.00000456. The minimum Gasteiger partial charge on any atom is -0.329 e. The normalized spacial score (nSPS) is 11.6. The Bertz CT molecular complexity index is 1430. The molecule has 3 rings (SSSR count). The third-order valence-corrected chi connectivity index (χ3v) is 6.30. The van der Waals surface area contributed by atoms with Crippen molar-refractivity contribution in [2.24, 2.45) is 5.73 Å². The maximum atomic E-state index is 13.5. The molecule has 36 heavy (non-hydrogen) atoms. The predicted molar refractivity (Wildman–Crippen MR) is 135 cm³/mol. The molecule has 3 aromatic rings. The summed E-state index contributed by atoms with van der Waals surface area (Å²) in [6.07, 6.45) is -4.78. The number of halogens is 4. The van der Waals surface area contributed by atoms with E-state index in [1.54, 1.807) is 25.1 Å². The molecule has 0 atom stereocenters. The van der Waals surface area contributed by atoms with E-state index in [9.17, 15) is 27.6 Å². The number of imidazole rings is 1. The van der Waals surface area contributed by atoms with Crippen LogP contribution in [0.5, 0.6) is 0 Å². The largest absolute Gasteiger partial charge is 0.406 e. The van der Waals surface area contributed by atoms with Crippen molar-refractivity contribution in [2.45, 2.75) is 56.5 Å². The Hall–Kier alpha value is -3.01. The molecule has 0 saturated heterocycles. The van der Waals surface area contributed by atoms with E-state index in [1.165, 1.54) is 16.7 Å². The van der Waals surface area contributed by atoms with Crippen LogP contribution in [0.25, 0.3) is 11.2 Å². The first-order chi connectivity index (χ1) is 16.4. The summed E-state index contributed by atoms with van der Waals surface area (Å²) in [5.41, 5.74) is 3.16. The fourth-order valence-corrected chi connectivity index (χ4v) is 4.24. The number of alkyl halides is 3. The highest BCUT2D eigenvalue weighted by Crippen LogP contribution is 2.32. The van der Waals surface area contributed by atoms with Crippen LogP contribution in [-0.4, -0.2) is 41.9 Å². The predicted octanol–water partition coefficient (Wildman–Crippen LogP) is 3.08. The van der Waals surface area contributed by atoms with Gasteiger partial charge in [0.25, 0.3) is 5.56 Å². The number of nitrogens with zero attached hydrogens (tertiary/aromatic N) is 4. The van der Waals surface area contributed by atoms with Crippen LogP contribution in [0.1, 0.15) is 31.1 Å². The number of nitrogens with two attached hydrogens (primary N) is 1. The number of ketones is 1. The van der Waals surface area contributed by atoms with Gasteiger partial charge in [0.15, 0.2) is 22.1 Å². The molecule has 2 aromatic heterocycles. The SMILES string of the molecule is CC#CCn1c(SC(C)(C)CN)nc2c1c(=O)n(CC(=O)c1ccccc1)c(=O)n2CC(F)(F)F.Cl. The van der Waals surface area contributed by atoms with Gasteiger partial charge in [-0.25, -0.2) is 9.78 Å². The average molecular weight is 544 g/mol. The van der Waals surface area contributed by atoms with E-state index in [0.717, 1.165) is 11.8 Å². The Morgan fingerprint density at radius 1 is 1.11 bits per heavy atom. The van der Waals surface area contributed by atoms with Gasteiger partial charge in [-0.3, -0.25) is 18.7 Å². The number of carbonyl (C=O) groups excluding carboxylic acids is 1. The number of rotatable bonds is 8. The average Bonchev–Trinajstić information content (AvgIpc) is 3.15. The summed E-state index contributed by atoms with van der Waals surface area (Å²) in [5.74, 6) is 4.87. The molecule has 0 aliphatic heterocycles. The smallest absolute Gasteiger partial charge is 0.329 e. The maximum Gasteiger partial charge on any atom is 0.406 e. The molecule has 0 spiro atoms. The molecular weight excluding hydrogens is 519 g/mol. The second-order valence-corrected chi connectivity index (χ2v) is 9.98. The van der Waals surface area contributed by atoms with Crippen LogP contribution in [0.4, 0.5) is 13.2 Å². The standard InChI is InChI=1S/C23H24F3N5O3S.ClH/c1-4-5-11-29-17-18(28-20(29)35-22(2,3)13-27)31(14-23(24,25)26)21(34)30(19(17)33)12-16(32)15-9-7-6-8-10-15;/h6-10H,11-14,27H2,1-3H3;1H. The van der Waals surface area contributed by atoms with Gasteiger partial charge in [-0.15, -0.1) is 18.3 Å². The summed E-state index contributed by atoms with van der Waals surface area (Å²) in [4.78, 5) is 43.5. The van der Waals surface area contributed by atoms with Crippen LogP contribution in [0, 0.1) is 11.8 Å². The molecule has 194 valence electrons. The van der Waals surface area contributed by atoms with Crippen molar-refractivity contribution in [3.63, 3.8) is 0 Å². The van der Waals surface area contributed by atoms with Gasteiger partial charge in [0.2, 0.25) is 0 Å². The van der Waals surface area contributed by atoms with Crippen LogP contribution >= 0.6 is 24.2 Å². The molecule has 2 N–H and O–H groups in total. The Morgan fingerprint density at radius 2 is 1.75 bits per heavy atom. The highest BCUT2D eigenvalue weighted by atomic mass is 35.5. The van der Waals surface area contributed by atoms with Gasteiger partial charge in [0, 0.05) is 16.9 Å². The molecular formula is C23H25ClF3N5O3S. The highest BCUT2D eigenvalue weighted by Gasteiger charge is 2.33. The van der Waals surface area contributed by atoms with E-state index < -0.39 is 46.7 Å². The number of Topliss-reactive ketones (excluding diaryl/α,β-unsaturated/α-hetero) is 1. The molecule has 8 nitrogen and oxygen atoms in total. The lowest BCUT2D eigenvalue weighted by atomic mass is 10.1. The maximum absolute atomic E-state index is 13.5. The molecule has 0 bridgehead atoms. The number of carbonyl (C=O) groups is 1. The summed E-state index contributed by atoms with van der Waals surface area (Å²) < 4.78 is 42.0. The molecule has 13 heteroatoms. The van der Waals surface area contributed by atoms with Crippen molar-refractivity contribution < 1.29 is 18.0 Å². The molecule has 0 fully saturated rings. The van der Waals surface area contributed by atoms with Crippen molar-refractivity contribution in [3.05, 3.63) is 56.7 Å². The summed E-state index contributed by atoms with van der Waals surface area (Å²) >= 11 is 1.15. The lowest BCUT2D eigenvalue weighted by Crippen LogP contribution is -2.44. The third-order valence-electron chi connectivity index (χ3n) is 5.09. The van der Waals surface area contributed by atoms with Gasteiger partial charge in [-0.2, -0.15) is 13.2 Å². The molecule has 0 unspecified atom stereocenters. The number of hydrogen-bond acceptors (Lipinski definition) is 6. The summed E-state index contributed by atoms with van der Waals surface area (Å²) in [6.45, 7) is 2.96. The fraction of sp³-hybridized carbons (Fsp3) is 0.391. The van der Waals surface area contributed by atoms with Crippen LogP contribution in [0.15, 0.2) is 45.1 Å². The molecule has 1 aromatic carbocycles. The Morgan fingerprint density at radius 3 is 2.31 bits per heavy atom. The van der Waals surface area contributed by atoms with Gasteiger partial charge >= 0.3 is 11.9 Å². The van der Waals surface area contributed by atoms with E-state index in [-0.39, 0.29) is 41.7 Å². The first-order valence-electron chi connectivity index (χ1n) is 10.6. The first-order valence-corrected chi connectivity index (χ1v) is 11.4. The molecule has 0 aliphatic rings. The summed E-state index contributed by atoms with van der Waals surface area (Å²) in [5, 5.41) is 0.192. The van der Waals surface area contributed by atoms with Crippen LogP contribution in [0.2, 0.25) is 0 Å². The Kier molecular flexibility index (Phi) is 9.23. The topological polar surface area (TPSA) is 105 Å². The first kappa shape index (κ1) is 29.2. The monoisotopic (exact) mass is 543 g/mol. The number of aromatic nitrogens is 4. The molecule has 0 aliphatic carbocycles. The molecule has 0 saturated carbocycles. The van der Waals surface area contributed by atoms with Gasteiger partial charge in [0.1, 0.15) is 6.54 Å². The van der Waals surface area contributed by atoms with Gasteiger partial charge in [-0.1, -0.05) is 48.0 Å². The minimum absolute atomic E-state index is 0. The van der Waals surface area contributed by atoms with Crippen LogP contribution < -0.4 is 17.0 Å². The van der Waals surface area contributed by atoms with Crippen LogP contribution in [-0.2, 0) is 19.6 Å². The minimum atomic E-state index is -4.78. The van der Waals surface area contributed by atoms with Crippen molar-refractivity contribution >= 4 is 41.1 Å². The number of fused-ring (bicyclic) bond motifs is 1. The zero-order valence-corrected chi connectivity index (χ0v) is 21.4. The molecule has 2 heterocycles. The second-order valence-electron chi connectivity index (χ2n) is 8.31. The van der Waals surface area contributed by atoms with E-state index in [0.29, 0.717) is 9.13 Å². The number of hydrogen-bond donors (Lipinski definition) is 1. The zero-order chi connectivity index (χ0) is 26.0. The van der Waals surface area contributed by atoms with E-state index in [1.807, 2.05) is 13.8 Å². The lowest BCUT2D eigenvalue weighted by Gasteiger charge is -2.21. The zero-order valence-electron chi connectivity index (χ0n) is 19.8. The summed E-state index contributed by atoms with van der Waals surface area (Å²) in [6, 6.07) is 7.86. The van der Waals surface area contributed by atoms with E-state index in [2.05, 4.69) is 16.8 Å². The van der Waals surface area contributed by atoms with Crippen molar-refractivity contribution in [1.82, 2.24) is 18.7 Å². The van der Waals surface area contributed by atoms with Gasteiger partial charge < -0.3 is 10.3 Å². The number of thioether (sulfide) groups is 1. The third kappa shape index (κ3) is 6.40. The fourth-order valence-electron chi connectivity index (χ4n) is 3.26. The van der Waals surface area contributed by atoms with Crippen molar-refractivity contribution in [1.29, 1.82) is 0 Å². The van der Waals surface area contributed by atoms with E-state index >= 15 is 0 Å². The Labute approximate surface area is 215 Å². The summed E-state index contributed by atoms with van der Waals surface area (Å²) in [7, 11) is 0. The van der Waals surface area contributed by atoms with Gasteiger partial charge in [0.05, 0.1) is 13.1 Å². The molecule has 0 amide bonds. The lowest BCUT2D eigenvalue weighted by molar-refractivity contribution is -0.140. The quantitative estimate of drug-likeness (QED) is 0.266. The highest BCUT2D eigenvalue weighted by molar-refractivity contribution is 8.00.